The van der Waals surface area contributed by atoms with E-state index in [1.807, 2.05) is 5.12 Å². The van der Waals surface area contributed by atoms with Crippen molar-refractivity contribution in [1.82, 2.24) is 15.0 Å². The first-order chi connectivity index (χ1) is 6.25. The molecule has 0 aromatic rings. The molecule has 15 heavy (non-hydrogen) atoms. The summed E-state index contributed by atoms with van der Waals surface area (Å²) < 4.78 is 0. The fraction of sp³-hybridized carbons (Fsp3) is 0.714. The maximum Gasteiger partial charge on any atom is 0.279 e. The fourth-order valence-electron chi connectivity index (χ4n) is 1.48. The predicted molar refractivity (Wildman–Crippen MR) is 53.4 cm³/mol. The summed E-state index contributed by atoms with van der Waals surface area (Å²) in [5.74, 6) is 0.457. The summed E-state index contributed by atoms with van der Waals surface area (Å²) in [6, 6.07) is 0. The number of hydrogen-bond donors (Lipinski definition) is 2. The highest BCUT2D eigenvalue weighted by Crippen LogP contribution is 2.03. The zero-order chi connectivity index (χ0) is 9.26. The van der Waals surface area contributed by atoms with Crippen LogP contribution in [0.15, 0.2) is 12.1 Å². The second-order valence-corrected chi connectivity index (χ2v) is 3.39. The van der Waals surface area contributed by atoms with Gasteiger partial charge in [-0.15, -0.1) is 17.5 Å². The molecule has 0 aliphatic carbocycles. The molecule has 2 heterocycles. The third-order valence-corrected chi connectivity index (χ3v) is 2.36. The van der Waals surface area contributed by atoms with Gasteiger partial charge in [-0.3, -0.25) is 4.84 Å². The van der Waals surface area contributed by atoms with Crippen molar-refractivity contribution in [1.29, 1.82) is 0 Å². The van der Waals surface area contributed by atoms with E-state index in [9.17, 15) is 0 Å². The molecule has 1 saturated heterocycles. The first kappa shape index (κ1) is 14.6. The SMILES string of the molecule is CN1CCN(N2C=C(N)O[NH2+]2)CC1.Cl.[Cl-]. The monoisotopic (exact) mass is 257 g/mol. The zero-order valence-corrected chi connectivity index (χ0v) is 10.2. The Morgan fingerprint density at radius 3 is 2.40 bits per heavy atom. The fourth-order valence-corrected chi connectivity index (χ4v) is 1.48. The van der Waals surface area contributed by atoms with Crippen molar-refractivity contribution in [2.45, 2.75) is 0 Å². The van der Waals surface area contributed by atoms with Crippen LogP contribution in [0.1, 0.15) is 0 Å². The summed E-state index contributed by atoms with van der Waals surface area (Å²) in [7, 11) is 2.13. The van der Waals surface area contributed by atoms with Gasteiger partial charge in [-0.25, -0.2) is 0 Å². The first-order valence-corrected chi connectivity index (χ1v) is 4.45. The van der Waals surface area contributed by atoms with E-state index in [-0.39, 0.29) is 24.8 Å². The highest BCUT2D eigenvalue weighted by Gasteiger charge is 2.25. The highest BCUT2D eigenvalue weighted by molar-refractivity contribution is 5.85. The molecule has 0 bridgehead atoms. The number of nitrogens with two attached hydrogens (primary N) is 2. The Hall–Kier alpha value is -0.400. The molecule has 0 spiro atoms. The number of hydrogen-bond acceptors (Lipinski definition) is 5. The molecule has 0 radical (unpaired) electrons. The van der Waals surface area contributed by atoms with E-state index in [2.05, 4.69) is 17.0 Å². The Morgan fingerprint density at radius 1 is 1.33 bits per heavy atom. The molecular formula is C7H17Cl2N5O. The van der Waals surface area contributed by atoms with Crippen LogP contribution in [0.2, 0.25) is 0 Å². The van der Waals surface area contributed by atoms with Gasteiger partial charge in [-0.1, -0.05) is 0 Å². The quantitative estimate of drug-likeness (QED) is 0.461. The molecule has 2 aliphatic heterocycles. The van der Waals surface area contributed by atoms with E-state index < -0.39 is 0 Å². The molecule has 0 atom stereocenters. The van der Waals surface area contributed by atoms with Crippen LogP contribution in [0.25, 0.3) is 0 Å². The molecule has 6 nitrogen and oxygen atoms in total. The van der Waals surface area contributed by atoms with Gasteiger partial charge < -0.3 is 23.0 Å². The molecule has 0 unspecified atom stereocenters. The van der Waals surface area contributed by atoms with Crippen molar-refractivity contribution < 1.29 is 22.8 Å². The number of nitrogens with zero attached hydrogens (tertiary/aromatic N) is 3. The zero-order valence-electron chi connectivity index (χ0n) is 8.60. The van der Waals surface area contributed by atoms with Gasteiger partial charge in [0.15, 0.2) is 0 Å². The smallest absolute Gasteiger partial charge is 0.279 e. The van der Waals surface area contributed by atoms with Crippen LogP contribution >= 0.6 is 12.4 Å². The molecule has 1 fully saturated rings. The van der Waals surface area contributed by atoms with E-state index in [0.717, 1.165) is 26.2 Å². The van der Waals surface area contributed by atoms with Gasteiger partial charge in [0.1, 0.15) is 6.20 Å². The Kier molecular flexibility index (Phi) is 6.07. The Labute approximate surface area is 102 Å². The van der Waals surface area contributed by atoms with Gasteiger partial charge in [0.2, 0.25) is 0 Å². The lowest BCUT2D eigenvalue weighted by Gasteiger charge is -2.33. The van der Waals surface area contributed by atoms with Crippen molar-refractivity contribution in [2.24, 2.45) is 5.73 Å². The van der Waals surface area contributed by atoms with Crippen LogP contribution in [0.4, 0.5) is 0 Å². The van der Waals surface area contributed by atoms with Crippen LogP contribution in [0.5, 0.6) is 0 Å². The van der Waals surface area contributed by atoms with E-state index in [1.54, 1.807) is 11.8 Å². The van der Waals surface area contributed by atoms with Crippen LogP contribution in [-0.2, 0) is 4.84 Å². The molecule has 2 rings (SSSR count). The van der Waals surface area contributed by atoms with Crippen molar-refractivity contribution in [3.63, 3.8) is 0 Å². The third kappa shape index (κ3) is 3.58. The predicted octanol–water partition coefficient (Wildman–Crippen LogP) is -4.94. The Morgan fingerprint density at radius 2 is 1.93 bits per heavy atom. The van der Waals surface area contributed by atoms with Crippen LogP contribution in [0, 0.1) is 0 Å². The third-order valence-electron chi connectivity index (χ3n) is 2.36. The number of rotatable bonds is 1. The lowest BCUT2D eigenvalue weighted by atomic mass is 10.4. The van der Waals surface area contributed by atoms with Crippen molar-refractivity contribution in [3.05, 3.63) is 12.1 Å². The minimum absolute atomic E-state index is 0. The Balaban J connectivity index is 0.000000980. The summed E-state index contributed by atoms with van der Waals surface area (Å²) in [5, 5.41) is 4.13. The van der Waals surface area contributed by atoms with E-state index >= 15 is 0 Å². The van der Waals surface area contributed by atoms with Gasteiger partial charge in [0.25, 0.3) is 5.88 Å². The van der Waals surface area contributed by atoms with Crippen LogP contribution in [0.3, 0.4) is 0 Å². The maximum absolute atomic E-state index is 5.49. The molecule has 2 aliphatic rings. The number of piperazine rings is 1. The lowest BCUT2D eigenvalue weighted by Crippen LogP contribution is -3.00. The normalized spacial score (nSPS) is 22.5. The average Bonchev–Trinajstić information content (AvgIpc) is 2.53. The molecule has 90 valence electrons. The number of hydrazine groups is 1. The molecule has 0 aromatic heterocycles. The van der Waals surface area contributed by atoms with Crippen LogP contribution < -0.4 is 23.7 Å². The molecule has 0 aromatic carbocycles. The van der Waals surface area contributed by atoms with E-state index in [0.29, 0.717) is 5.88 Å². The number of halogens is 2. The summed E-state index contributed by atoms with van der Waals surface area (Å²) in [4.78, 5) is 7.34. The molecular weight excluding hydrogens is 241 g/mol. The van der Waals surface area contributed by atoms with Crippen molar-refractivity contribution in [2.75, 3.05) is 33.2 Å². The largest absolute Gasteiger partial charge is 1.00 e. The highest BCUT2D eigenvalue weighted by atomic mass is 35.5. The molecule has 8 heteroatoms. The first-order valence-electron chi connectivity index (χ1n) is 4.45. The lowest BCUT2D eigenvalue weighted by molar-refractivity contribution is -0.990. The number of likely N-dealkylation sites (N-methyl/N-ethyl adjacent to an activating group) is 1. The summed E-state index contributed by atoms with van der Waals surface area (Å²) in [5.41, 5.74) is 7.13. The van der Waals surface area contributed by atoms with Gasteiger partial charge in [-0.05, 0) is 12.6 Å². The molecule has 0 saturated carbocycles. The maximum atomic E-state index is 5.49. The van der Waals surface area contributed by atoms with Crippen LogP contribution in [-0.4, -0.2) is 48.3 Å². The van der Waals surface area contributed by atoms with Crippen molar-refractivity contribution >= 4 is 12.4 Å². The van der Waals surface area contributed by atoms with E-state index in [4.69, 9.17) is 10.6 Å². The second kappa shape index (κ2) is 6.24. The summed E-state index contributed by atoms with van der Waals surface area (Å²) >= 11 is 0. The van der Waals surface area contributed by atoms with Crippen molar-refractivity contribution in [3.8, 4) is 0 Å². The topological polar surface area (TPSA) is 61.6 Å². The Bertz CT molecular complexity index is 219. The van der Waals surface area contributed by atoms with E-state index in [1.165, 1.54) is 0 Å². The van der Waals surface area contributed by atoms with Gasteiger partial charge in [0, 0.05) is 26.2 Å². The van der Waals surface area contributed by atoms with Gasteiger partial charge >= 0.3 is 0 Å². The van der Waals surface area contributed by atoms with Gasteiger partial charge in [-0.2, -0.15) is 5.01 Å². The summed E-state index contributed by atoms with van der Waals surface area (Å²) in [6.45, 7) is 4.19. The summed E-state index contributed by atoms with van der Waals surface area (Å²) in [6.07, 6.45) is 1.80. The molecule has 4 N–H and O–H groups in total. The minimum atomic E-state index is 0. The minimum Gasteiger partial charge on any atom is -1.00 e. The standard InChI is InChI=1S/C7H15N5O.2ClH/c1-10-2-4-11(5-3-10)12-6-7(8)13-9-12;;/h6,9H,2-5,8H2,1H3;2*1H. The second-order valence-electron chi connectivity index (χ2n) is 3.39. The van der Waals surface area contributed by atoms with Gasteiger partial charge in [0.05, 0.1) is 0 Å². The number of quaternary nitrogens is 1. The molecule has 0 amide bonds. The average molecular weight is 258 g/mol.